The van der Waals surface area contributed by atoms with E-state index in [4.69, 9.17) is 4.74 Å². The van der Waals surface area contributed by atoms with Gasteiger partial charge in [-0.05, 0) is 25.5 Å². The lowest BCUT2D eigenvalue weighted by Crippen LogP contribution is -2.15. The van der Waals surface area contributed by atoms with Crippen molar-refractivity contribution in [1.29, 1.82) is 0 Å². The fourth-order valence-electron chi connectivity index (χ4n) is 1.95. The average Bonchev–Trinajstić information content (AvgIpc) is 2.41. The highest BCUT2D eigenvalue weighted by atomic mass is 31.1. The number of methoxy groups -OCH3 is 1. The van der Waals surface area contributed by atoms with E-state index in [1.165, 1.54) is 10.6 Å². The molecule has 0 N–H and O–H groups in total. The number of hydrogen-bond donors (Lipinski definition) is 0. The van der Waals surface area contributed by atoms with Crippen LogP contribution < -0.4 is 15.3 Å². The maximum Gasteiger partial charge on any atom is 0.126 e. The lowest BCUT2D eigenvalue weighted by Gasteiger charge is -2.19. The predicted molar refractivity (Wildman–Crippen MR) is 76.2 cm³/mol. The van der Waals surface area contributed by atoms with E-state index in [1.54, 1.807) is 7.11 Å². The zero-order valence-corrected chi connectivity index (χ0v) is 11.2. The van der Waals surface area contributed by atoms with E-state index in [-0.39, 0.29) is 7.92 Å². The van der Waals surface area contributed by atoms with Crippen LogP contribution in [0.3, 0.4) is 0 Å². The lowest BCUT2D eigenvalue weighted by molar-refractivity contribution is 0.418. The second kappa shape index (κ2) is 5.84. The summed E-state index contributed by atoms with van der Waals surface area (Å²) >= 11 is 0. The van der Waals surface area contributed by atoms with Crippen LogP contribution in [0.15, 0.2) is 54.6 Å². The molecule has 0 amide bonds. The molecule has 0 saturated carbocycles. The van der Waals surface area contributed by atoms with Crippen molar-refractivity contribution in [3.63, 3.8) is 0 Å². The molecule has 0 heterocycles. The smallest absolute Gasteiger partial charge is 0.126 e. The average molecular weight is 244 g/mol. The van der Waals surface area contributed by atoms with Crippen molar-refractivity contribution in [3.8, 4) is 5.75 Å². The van der Waals surface area contributed by atoms with Crippen LogP contribution in [0.2, 0.25) is 0 Å². The van der Waals surface area contributed by atoms with E-state index in [1.807, 2.05) is 12.1 Å². The first-order valence-corrected chi connectivity index (χ1v) is 7.35. The van der Waals surface area contributed by atoms with E-state index in [2.05, 4.69) is 49.4 Å². The van der Waals surface area contributed by atoms with Gasteiger partial charge in [0.2, 0.25) is 0 Å². The summed E-state index contributed by atoms with van der Waals surface area (Å²) in [6.45, 7) is 2.24. The zero-order valence-electron chi connectivity index (χ0n) is 10.3. The molecule has 17 heavy (non-hydrogen) atoms. The second-order valence-corrected chi connectivity index (χ2v) is 6.24. The minimum Gasteiger partial charge on any atom is -0.496 e. The first kappa shape index (κ1) is 12.1. The summed E-state index contributed by atoms with van der Waals surface area (Å²) in [6, 6.07) is 19.0. The van der Waals surface area contributed by atoms with Gasteiger partial charge in [-0.25, -0.2) is 0 Å². The molecule has 0 fully saturated rings. The van der Waals surface area contributed by atoms with Crippen LogP contribution in [0, 0.1) is 0 Å². The van der Waals surface area contributed by atoms with Crippen molar-refractivity contribution in [1.82, 2.24) is 0 Å². The summed E-state index contributed by atoms with van der Waals surface area (Å²) in [5, 5.41) is 2.74. The van der Waals surface area contributed by atoms with Crippen molar-refractivity contribution in [2.24, 2.45) is 0 Å². The van der Waals surface area contributed by atoms with Gasteiger partial charge in [-0.1, -0.05) is 55.5 Å². The molecule has 0 saturated heterocycles. The van der Waals surface area contributed by atoms with Crippen molar-refractivity contribution in [2.45, 2.75) is 6.92 Å². The maximum atomic E-state index is 5.47. The molecule has 1 atom stereocenters. The summed E-state index contributed by atoms with van der Waals surface area (Å²) in [4.78, 5) is 0. The highest BCUT2D eigenvalue weighted by Crippen LogP contribution is 2.36. The SMILES string of the molecule is CCP(c1ccccc1)c1ccccc1OC. The quantitative estimate of drug-likeness (QED) is 0.751. The van der Waals surface area contributed by atoms with Gasteiger partial charge in [0, 0.05) is 5.30 Å². The molecule has 2 rings (SSSR count). The molecular weight excluding hydrogens is 227 g/mol. The van der Waals surface area contributed by atoms with E-state index < -0.39 is 0 Å². The van der Waals surface area contributed by atoms with Crippen LogP contribution in [0.5, 0.6) is 5.75 Å². The molecule has 0 spiro atoms. The summed E-state index contributed by atoms with van der Waals surface area (Å²) in [6.07, 6.45) is 1.14. The fourth-order valence-corrected chi connectivity index (χ4v) is 4.17. The van der Waals surface area contributed by atoms with E-state index in [9.17, 15) is 0 Å². The van der Waals surface area contributed by atoms with Crippen LogP contribution in [0.25, 0.3) is 0 Å². The van der Waals surface area contributed by atoms with Gasteiger partial charge in [-0.15, -0.1) is 0 Å². The Hall–Kier alpha value is -1.33. The minimum absolute atomic E-state index is 0.300. The number of rotatable bonds is 4. The van der Waals surface area contributed by atoms with Gasteiger partial charge >= 0.3 is 0 Å². The highest BCUT2D eigenvalue weighted by Gasteiger charge is 2.14. The molecular formula is C15H17OP. The van der Waals surface area contributed by atoms with Gasteiger partial charge in [-0.2, -0.15) is 0 Å². The third-order valence-electron chi connectivity index (χ3n) is 2.76. The largest absolute Gasteiger partial charge is 0.496 e. The Morgan fingerprint density at radius 1 is 0.941 bits per heavy atom. The number of hydrogen-bond acceptors (Lipinski definition) is 1. The van der Waals surface area contributed by atoms with Crippen LogP contribution >= 0.6 is 7.92 Å². The first-order chi connectivity index (χ1) is 8.36. The summed E-state index contributed by atoms with van der Waals surface area (Å²) < 4.78 is 5.47. The molecule has 2 aromatic carbocycles. The fraction of sp³-hybridized carbons (Fsp3) is 0.200. The Kier molecular flexibility index (Phi) is 4.17. The van der Waals surface area contributed by atoms with Gasteiger partial charge in [0.15, 0.2) is 0 Å². The van der Waals surface area contributed by atoms with Crippen LogP contribution in [-0.4, -0.2) is 13.3 Å². The maximum absolute atomic E-state index is 5.47. The Morgan fingerprint density at radius 3 is 2.24 bits per heavy atom. The van der Waals surface area contributed by atoms with Gasteiger partial charge in [0.05, 0.1) is 7.11 Å². The highest BCUT2D eigenvalue weighted by molar-refractivity contribution is 7.73. The molecule has 0 radical (unpaired) electrons. The molecule has 0 aliphatic carbocycles. The van der Waals surface area contributed by atoms with Gasteiger partial charge in [-0.3, -0.25) is 0 Å². The minimum atomic E-state index is -0.300. The molecule has 1 unspecified atom stereocenters. The molecule has 1 nitrogen and oxygen atoms in total. The summed E-state index contributed by atoms with van der Waals surface area (Å²) in [7, 11) is 1.44. The molecule has 88 valence electrons. The van der Waals surface area contributed by atoms with Gasteiger partial charge < -0.3 is 4.74 Å². The Balaban J connectivity index is 2.42. The first-order valence-electron chi connectivity index (χ1n) is 5.82. The lowest BCUT2D eigenvalue weighted by atomic mass is 10.3. The third-order valence-corrected chi connectivity index (χ3v) is 5.27. The van der Waals surface area contributed by atoms with Crippen molar-refractivity contribution < 1.29 is 4.74 Å². The second-order valence-electron chi connectivity index (χ2n) is 3.75. The Morgan fingerprint density at radius 2 is 1.59 bits per heavy atom. The predicted octanol–water partition coefficient (Wildman–Crippen LogP) is 3.15. The zero-order chi connectivity index (χ0) is 12.1. The molecule has 2 heteroatoms. The summed E-state index contributed by atoms with van der Waals surface area (Å²) in [5.41, 5.74) is 0. The van der Waals surface area contributed by atoms with E-state index in [0.717, 1.165) is 11.9 Å². The summed E-state index contributed by atoms with van der Waals surface area (Å²) in [5.74, 6) is 1.00. The molecule has 0 bridgehead atoms. The molecule has 2 aromatic rings. The van der Waals surface area contributed by atoms with Crippen molar-refractivity contribution in [2.75, 3.05) is 13.3 Å². The number of benzene rings is 2. The topological polar surface area (TPSA) is 9.23 Å². The normalized spacial score (nSPS) is 12.1. The molecule has 0 aliphatic rings. The van der Waals surface area contributed by atoms with E-state index in [0.29, 0.717) is 0 Å². The van der Waals surface area contributed by atoms with E-state index >= 15 is 0 Å². The van der Waals surface area contributed by atoms with Gasteiger partial charge in [0.25, 0.3) is 0 Å². The van der Waals surface area contributed by atoms with Crippen LogP contribution in [0.1, 0.15) is 6.92 Å². The number of ether oxygens (including phenoxy) is 1. The van der Waals surface area contributed by atoms with Crippen molar-refractivity contribution >= 4 is 18.5 Å². The third kappa shape index (κ3) is 2.68. The molecule has 0 aliphatic heterocycles. The van der Waals surface area contributed by atoms with Crippen LogP contribution in [0.4, 0.5) is 0 Å². The van der Waals surface area contributed by atoms with Crippen LogP contribution in [-0.2, 0) is 0 Å². The van der Waals surface area contributed by atoms with Gasteiger partial charge in [0.1, 0.15) is 5.75 Å². The van der Waals surface area contributed by atoms with Crippen molar-refractivity contribution in [3.05, 3.63) is 54.6 Å². The standard InChI is InChI=1S/C15H17OP/c1-3-17(13-9-5-4-6-10-13)15-12-8-7-11-14(15)16-2/h4-12H,3H2,1-2H3. The number of para-hydroxylation sites is 1. The monoisotopic (exact) mass is 244 g/mol. The Bertz CT molecular complexity index is 467. The Labute approximate surface area is 104 Å². The molecule has 0 aromatic heterocycles.